The fourth-order valence-electron chi connectivity index (χ4n) is 1.25. The highest BCUT2D eigenvalue weighted by molar-refractivity contribution is 5.43. The summed E-state index contributed by atoms with van der Waals surface area (Å²) >= 11 is 0. The molecule has 1 heterocycles. The van der Waals surface area contributed by atoms with Crippen LogP contribution in [0, 0.1) is 5.92 Å². The van der Waals surface area contributed by atoms with E-state index in [4.69, 9.17) is 5.73 Å². The van der Waals surface area contributed by atoms with E-state index in [1.165, 1.54) is 5.69 Å². The molecule has 0 saturated carbocycles. The zero-order valence-electron chi connectivity index (χ0n) is 8.27. The van der Waals surface area contributed by atoms with Crippen molar-refractivity contribution in [1.82, 2.24) is 4.98 Å². The second kappa shape index (κ2) is 4.82. The summed E-state index contributed by atoms with van der Waals surface area (Å²) in [5.41, 5.74) is 6.75. The highest BCUT2D eigenvalue weighted by atomic mass is 15.1. The third-order valence-corrected chi connectivity index (χ3v) is 2.09. The molecule has 0 radical (unpaired) electrons. The van der Waals surface area contributed by atoms with Gasteiger partial charge in [-0.2, -0.15) is 0 Å². The van der Waals surface area contributed by atoms with Crippen LogP contribution in [-0.2, 0) is 0 Å². The average Bonchev–Trinajstić information content (AvgIpc) is 2.19. The molecule has 2 N–H and O–H groups in total. The molecule has 0 bridgehead atoms. The maximum absolute atomic E-state index is 5.56. The normalized spacial score (nSPS) is 12.5. The summed E-state index contributed by atoms with van der Waals surface area (Å²) in [6.07, 6.45) is 3.61. The van der Waals surface area contributed by atoms with Gasteiger partial charge in [-0.25, -0.2) is 0 Å². The van der Waals surface area contributed by atoms with Gasteiger partial charge in [-0.15, -0.1) is 0 Å². The molecule has 0 saturated heterocycles. The van der Waals surface area contributed by atoms with Gasteiger partial charge >= 0.3 is 0 Å². The molecule has 0 spiro atoms. The molecular formula is C10H17N3. The Bertz CT molecular complexity index is 235. The van der Waals surface area contributed by atoms with Crippen molar-refractivity contribution in [2.75, 3.05) is 25.0 Å². The predicted octanol–water partition coefficient (Wildman–Crippen LogP) is 1.11. The van der Waals surface area contributed by atoms with E-state index in [-0.39, 0.29) is 0 Å². The van der Waals surface area contributed by atoms with Gasteiger partial charge in [0.15, 0.2) is 0 Å². The average molecular weight is 179 g/mol. The number of hydrogen-bond donors (Lipinski definition) is 1. The molecule has 0 fully saturated rings. The van der Waals surface area contributed by atoms with Gasteiger partial charge in [-0.05, 0) is 24.6 Å². The molecule has 3 heteroatoms. The maximum atomic E-state index is 5.56. The summed E-state index contributed by atoms with van der Waals surface area (Å²) in [5.74, 6) is 0.526. The van der Waals surface area contributed by atoms with Gasteiger partial charge in [0.1, 0.15) is 0 Å². The minimum absolute atomic E-state index is 0.526. The highest BCUT2D eigenvalue weighted by Gasteiger charge is 2.04. The highest BCUT2D eigenvalue weighted by Crippen LogP contribution is 2.10. The number of pyridine rings is 1. The Morgan fingerprint density at radius 3 is 2.62 bits per heavy atom. The summed E-state index contributed by atoms with van der Waals surface area (Å²) in [5, 5.41) is 0. The molecule has 1 rings (SSSR count). The zero-order valence-corrected chi connectivity index (χ0v) is 8.27. The van der Waals surface area contributed by atoms with Crippen molar-refractivity contribution < 1.29 is 0 Å². The van der Waals surface area contributed by atoms with Crippen LogP contribution in [0.4, 0.5) is 5.69 Å². The molecule has 13 heavy (non-hydrogen) atoms. The summed E-state index contributed by atoms with van der Waals surface area (Å²) in [7, 11) is 2.07. The van der Waals surface area contributed by atoms with E-state index in [0.717, 1.165) is 13.1 Å². The van der Waals surface area contributed by atoms with Gasteiger partial charge in [0, 0.05) is 31.7 Å². The quantitative estimate of drug-likeness (QED) is 0.753. The van der Waals surface area contributed by atoms with E-state index >= 15 is 0 Å². The second-order valence-electron chi connectivity index (χ2n) is 3.43. The smallest absolute Gasteiger partial charge is 0.0394 e. The Morgan fingerprint density at radius 2 is 2.08 bits per heavy atom. The Balaban J connectivity index is 2.53. The zero-order chi connectivity index (χ0) is 9.68. The first-order valence-corrected chi connectivity index (χ1v) is 4.55. The lowest BCUT2D eigenvalue weighted by molar-refractivity contribution is 0.590. The maximum Gasteiger partial charge on any atom is 0.0394 e. The summed E-state index contributed by atoms with van der Waals surface area (Å²) in [4.78, 5) is 6.17. The Morgan fingerprint density at radius 1 is 1.46 bits per heavy atom. The second-order valence-corrected chi connectivity index (χ2v) is 3.43. The van der Waals surface area contributed by atoms with Crippen LogP contribution in [0.2, 0.25) is 0 Å². The van der Waals surface area contributed by atoms with Crippen molar-refractivity contribution in [3.63, 3.8) is 0 Å². The van der Waals surface area contributed by atoms with Crippen molar-refractivity contribution in [1.29, 1.82) is 0 Å². The van der Waals surface area contributed by atoms with Crippen LogP contribution >= 0.6 is 0 Å². The molecule has 0 aromatic carbocycles. The van der Waals surface area contributed by atoms with E-state index in [2.05, 4.69) is 23.9 Å². The van der Waals surface area contributed by atoms with Crippen LogP contribution in [0.25, 0.3) is 0 Å². The summed E-state index contributed by atoms with van der Waals surface area (Å²) < 4.78 is 0. The van der Waals surface area contributed by atoms with E-state index < -0.39 is 0 Å². The largest absolute Gasteiger partial charge is 0.374 e. The van der Waals surface area contributed by atoms with Crippen LogP contribution in [0.15, 0.2) is 24.5 Å². The number of rotatable bonds is 4. The first-order chi connectivity index (χ1) is 6.24. The number of aromatic nitrogens is 1. The topological polar surface area (TPSA) is 42.1 Å². The summed E-state index contributed by atoms with van der Waals surface area (Å²) in [6, 6.07) is 4.01. The van der Waals surface area contributed by atoms with Crippen molar-refractivity contribution in [3.05, 3.63) is 24.5 Å². The molecule has 0 aliphatic heterocycles. The number of hydrogen-bond acceptors (Lipinski definition) is 3. The number of nitrogens with zero attached hydrogens (tertiary/aromatic N) is 2. The number of nitrogens with two attached hydrogens (primary N) is 1. The molecule has 1 aromatic rings. The predicted molar refractivity (Wildman–Crippen MR) is 55.7 cm³/mol. The lowest BCUT2D eigenvalue weighted by Crippen LogP contribution is -2.28. The van der Waals surface area contributed by atoms with E-state index in [1.807, 2.05) is 12.1 Å². The Kier molecular flexibility index (Phi) is 3.71. The number of anilines is 1. The van der Waals surface area contributed by atoms with Gasteiger partial charge in [0.05, 0.1) is 0 Å². The van der Waals surface area contributed by atoms with Crippen LogP contribution in [0.1, 0.15) is 6.92 Å². The third kappa shape index (κ3) is 3.03. The van der Waals surface area contributed by atoms with Crippen molar-refractivity contribution in [2.45, 2.75) is 6.92 Å². The molecule has 3 nitrogen and oxygen atoms in total. The van der Waals surface area contributed by atoms with Crippen molar-refractivity contribution in [2.24, 2.45) is 11.7 Å². The molecule has 72 valence electrons. The SMILES string of the molecule is CC(CN)CN(C)c1ccncc1. The van der Waals surface area contributed by atoms with Gasteiger partial charge in [-0.1, -0.05) is 6.92 Å². The molecular weight excluding hydrogens is 162 g/mol. The fourth-order valence-corrected chi connectivity index (χ4v) is 1.25. The lowest BCUT2D eigenvalue weighted by atomic mass is 10.1. The first-order valence-electron chi connectivity index (χ1n) is 4.55. The monoisotopic (exact) mass is 179 g/mol. The van der Waals surface area contributed by atoms with Gasteiger partial charge in [0.2, 0.25) is 0 Å². The van der Waals surface area contributed by atoms with Crippen LogP contribution < -0.4 is 10.6 Å². The van der Waals surface area contributed by atoms with Gasteiger partial charge < -0.3 is 10.6 Å². The standard InChI is InChI=1S/C10H17N3/c1-9(7-11)8-13(2)10-3-5-12-6-4-10/h3-6,9H,7-8,11H2,1-2H3. The van der Waals surface area contributed by atoms with Crippen LogP contribution in [0.3, 0.4) is 0 Å². The van der Waals surface area contributed by atoms with Crippen LogP contribution in [0.5, 0.6) is 0 Å². The minimum Gasteiger partial charge on any atom is -0.374 e. The molecule has 1 aromatic heterocycles. The molecule has 1 atom stereocenters. The van der Waals surface area contributed by atoms with E-state index in [9.17, 15) is 0 Å². The lowest BCUT2D eigenvalue weighted by Gasteiger charge is -2.22. The van der Waals surface area contributed by atoms with Crippen LogP contribution in [-0.4, -0.2) is 25.1 Å². The Hall–Kier alpha value is -1.09. The van der Waals surface area contributed by atoms with Crippen molar-refractivity contribution in [3.8, 4) is 0 Å². The molecule has 0 amide bonds. The fraction of sp³-hybridized carbons (Fsp3) is 0.500. The summed E-state index contributed by atoms with van der Waals surface area (Å²) in [6.45, 7) is 3.87. The minimum atomic E-state index is 0.526. The van der Waals surface area contributed by atoms with Crippen molar-refractivity contribution >= 4 is 5.69 Å². The van der Waals surface area contributed by atoms with E-state index in [0.29, 0.717) is 5.92 Å². The molecule has 0 aliphatic rings. The van der Waals surface area contributed by atoms with Gasteiger partial charge in [-0.3, -0.25) is 4.98 Å². The molecule has 0 aliphatic carbocycles. The van der Waals surface area contributed by atoms with Gasteiger partial charge in [0.25, 0.3) is 0 Å². The third-order valence-electron chi connectivity index (χ3n) is 2.09. The first kappa shape index (κ1) is 9.99. The Labute approximate surface area is 79.6 Å². The molecule has 1 unspecified atom stereocenters. The van der Waals surface area contributed by atoms with E-state index in [1.54, 1.807) is 12.4 Å².